The van der Waals surface area contributed by atoms with E-state index in [1.165, 1.54) is 0 Å². The van der Waals surface area contributed by atoms with E-state index < -0.39 is 0 Å². The predicted molar refractivity (Wildman–Crippen MR) is 84.6 cm³/mol. The van der Waals surface area contributed by atoms with Crippen molar-refractivity contribution in [2.75, 3.05) is 31.7 Å². The normalized spacial score (nSPS) is 17.0. The molecule has 2 aliphatic heterocycles. The number of ether oxygens (including phenoxy) is 2. The summed E-state index contributed by atoms with van der Waals surface area (Å²) in [6.07, 6.45) is 1.35. The number of likely N-dealkylation sites (tertiary alicyclic amines) is 1. The van der Waals surface area contributed by atoms with Gasteiger partial charge in [0.25, 0.3) is 0 Å². The van der Waals surface area contributed by atoms with Crippen molar-refractivity contribution in [2.45, 2.75) is 19.8 Å². The van der Waals surface area contributed by atoms with Crippen molar-refractivity contribution in [3.63, 3.8) is 0 Å². The van der Waals surface area contributed by atoms with Gasteiger partial charge in [0.05, 0.1) is 0 Å². The van der Waals surface area contributed by atoms with Crippen LogP contribution in [0.2, 0.25) is 0 Å². The summed E-state index contributed by atoms with van der Waals surface area (Å²) >= 11 is 0. The quantitative estimate of drug-likeness (QED) is 0.890. The van der Waals surface area contributed by atoms with Crippen LogP contribution in [-0.4, -0.2) is 43.3 Å². The summed E-state index contributed by atoms with van der Waals surface area (Å²) in [5, 5.41) is 5.70. The second-order valence-electron chi connectivity index (χ2n) is 5.65. The summed E-state index contributed by atoms with van der Waals surface area (Å²) in [6.45, 7) is 3.92. The Morgan fingerprint density at radius 3 is 2.70 bits per heavy atom. The molecule has 0 atom stereocenters. The Morgan fingerprint density at radius 2 is 1.96 bits per heavy atom. The number of fused-ring (bicyclic) bond motifs is 1. The molecule has 124 valence electrons. The maximum Gasteiger partial charge on any atom is 0.317 e. The lowest BCUT2D eigenvalue weighted by atomic mass is 9.96. The van der Waals surface area contributed by atoms with Crippen LogP contribution in [0.4, 0.5) is 10.5 Å². The van der Waals surface area contributed by atoms with Gasteiger partial charge < -0.3 is 25.0 Å². The first kappa shape index (κ1) is 15.5. The Bertz CT molecular complexity index is 597. The topological polar surface area (TPSA) is 79.9 Å². The zero-order valence-corrected chi connectivity index (χ0v) is 13.1. The number of carbonyl (C=O) groups excluding carboxylic acids is 2. The van der Waals surface area contributed by atoms with Gasteiger partial charge in [-0.05, 0) is 31.9 Å². The molecule has 0 spiro atoms. The first-order valence-corrected chi connectivity index (χ1v) is 7.90. The molecule has 1 saturated heterocycles. The highest BCUT2D eigenvalue weighted by Crippen LogP contribution is 2.34. The number of benzene rings is 1. The van der Waals surface area contributed by atoms with Crippen LogP contribution < -0.4 is 20.1 Å². The largest absolute Gasteiger partial charge is 0.454 e. The summed E-state index contributed by atoms with van der Waals surface area (Å²) < 4.78 is 10.6. The number of carbonyl (C=O) groups is 2. The average molecular weight is 319 g/mol. The number of piperidine rings is 1. The van der Waals surface area contributed by atoms with E-state index in [1.54, 1.807) is 23.1 Å². The first-order chi connectivity index (χ1) is 11.2. The van der Waals surface area contributed by atoms with Crippen molar-refractivity contribution < 1.29 is 19.1 Å². The smallest absolute Gasteiger partial charge is 0.317 e. The fraction of sp³-hybridized carbons (Fsp3) is 0.500. The minimum absolute atomic E-state index is 0.0144. The molecule has 0 aromatic heterocycles. The second kappa shape index (κ2) is 6.76. The molecular weight excluding hydrogens is 298 g/mol. The van der Waals surface area contributed by atoms with Crippen LogP contribution in [0.3, 0.4) is 0 Å². The van der Waals surface area contributed by atoms with Crippen LogP contribution in [0, 0.1) is 5.92 Å². The van der Waals surface area contributed by atoms with Crippen molar-refractivity contribution in [3.05, 3.63) is 18.2 Å². The molecule has 23 heavy (non-hydrogen) atoms. The Labute approximate surface area is 134 Å². The molecule has 0 unspecified atom stereocenters. The molecule has 1 aromatic rings. The molecule has 3 amide bonds. The third-order valence-electron chi connectivity index (χ3n) is 4.12. The number of rotatable bonds is 3. The number of nitrogens with zero attached hydrogens (tertiary/aromatic N) is 1. The molecule has 0 saturated carbocycles. The van der Waals surface area contributed by atoms with E-state index in [0.29, 0.717) is 49.7 Å². The summed E-state index contributed by atoms with van der Waals surface area (Å²) in [5.74, 6) is 1.25. The minimum Gasteiger partial charge on any atom is -0.454 e. The monoisotopic (exact) mass is 319 g/mol. The number of anilines is 1. The van der Waals surface area contributed by atoms with Gasteiger partial charge in [-0.1, -0.05) is 0 Å². The molecule has 0 aliphatic carbocycles. The SMILES string of the molecule is CCNC(=O)N1CCC(C(=O)Nc2ccc3c(c2)OCO3)CC1. The van der Waals surface area contributed by atoms with Gasteiger partial charge in [0.2, 0.25) is 12.7 Å². The standard InChI is InChI=1S/C16H21N3O4/c1-2-17-16(21)19-7-5-11(6-8-19)15(20)18-12-3-4-13-14(9-12)23-10-22-13/h3-4,9,11H,2,5-8,10H2,1H3,(H,17,21)(H,18,20). The maximum atomic E-state index is 12.4. The molecule has 0 bridgehead atoms. The number of hydrogen-bond acceptors (Lipinski definition) is 4. The van der Waals surface area contributed by atoms with Gasteiger partial charge >= 0.3 is 6.03 Å². The molecule has 3 rings (SSSR count). The van der Waals surface area contributed by atoms with Crippen LogP contribution in [0.1, 0.15) is 19.8 Å². The molecule has 1 aromatic carbocycles. The second-order valence-corrected chi connectivity index (χ2v) is 5.65. The molecule has 1 fully saturated rings. The van der Waals surface area contributed by atoms with E-state index in [2.05, 4.69) is 10.6 Å². The molecule has 2 heterocycles. The van der Waals surface area contributed by atoms with Crippen LogP contribution in [-0.2, 0) is 4.79 Å². The van der Waals surface area contributed by atoms with E-state index in [1.807, 2.05) is 6.92 Å². The van der Waals surface area contributed by atoms with Gasteiger partial charge in [-0.25, -0.2) is 4.79 Å². The first-order valence-electron chi connectivity index (χ1n) is 7.90. The van der Waals surface area contributed by atoms with Gasteiger partial charge in [0.1, 0.15) is 0 Å². The van der Waals surface area contributed by atoms with Gasteiger partial charge in [-0.15, -0.1) is 0 Å². The lowest BCUT2D eigenvalue weighted by Crippen LogP contribution is -2.46. The van der Waals surface area contributed by atoms with Crippen molar-refractivity contribution in [3.8, 4) is 11.5 Å². The lowest BCUT2D eigenvalue weighted by Gasteiger charge is -2.31. The Hall–Kier alpha value is -2.44. The molecule has 7 heteroatoms. The van der Waals surface area contributed by atoms with Crippen LogP contribution in [0.15, 0.2) is 18.2 Å². The molecule has 0 radical (unpaired) electrons. The molecule has 2 N–H and O–H groups in total. The molecule has 7 nitrogen and oxygen atoms in total. The van der Waals surface area contributed by atoms with Gasteiger partial charge in [-0.2, -0.15) is 0 Å². The van der Waals surface area contributed by atoms with Gasteiger partial charge in [0, 0.05) is 37.3 Å². The van der Waals surface area contributed by atoms with E-state index in [9.17, 15) is 9.59 Å². The van der Waals surface area contributed by atoms with E-state index in [-0.39, 0.29) is 24.6 Å². The summed E-state index contributed by atoms with van der Waals surface area (Å²) in [6, 6.07) is 5.30. The fourth-order valence-corrected chi connectivity index (χ4v) is 2.83. The Balaban J connectivity index is 1.53. The fourth-order valence-electron chi connectivity index (χ4n) is 2.83. The van der Waals surface area contributed by atoms with Crippen molar-refractivity contribution in [1.82, 2.24) is 10.2 Å². The molecular formula is C16H21N3O4. The minimum atomic E-state index is -0.0777. The highest BCUT2D eigenvalue weighted by atomic mass is 16.7. The van der Waals surface area contributed by atoms with Crippen molar-refractivity contribution >= 4 is 17.6 Å². The zero-order valence-electron chi connectivity index (χ0n) is 13.1. The highest BCUT2D eigenvalue weighted by molar-refractivity contribution is 5.93. The number of hydrogen-bond donors (Lipinski definition) is 2. The van der Waals surface area contributed by atoms with Crippen LogP contribution in [0.25, 0.3) is 0 Å². The number of amides is 3. The van der Waals surface area contributed by atoms with Crippen LogP contribution >= 0.6 is 0 Å². The summed E-state index contributed by atoms with van der Waals surface area (Å²) in [7, 11) is 0. The zero-order chi connectivity index (χ0) is 16.2. The lowest BCUT2D eigenvalue weighted by molar-refractivity contribution is -0.121. The van der Waals surface area contributed by atoms with Crippen molar-refractivity contribution in [1.29, 1.82) is 0 Å². The molecule has 2 aliphatic rings. The van der Waals surface area contributed by atoms with Gasteiger partial charge in [0.15, 0.2) is 11.5 Å². The third kappa shape index (κ3) is 3.49. The number of urea groups is 1. The highest BCUT2D eigenvalue weighted by Gasteiger charge is 2.27. The third-order valence-corrected chi connectivity index (χ3v) is 4.12. The maximum absolute atomic E-state index is 12.4. The number of nitrogens with one attached hydrogen (secondary N) is 2. The average Bonchev–Trinajstić information content (AvgIpc) is 3.03. The predicted octanol–water partition coefficient (Wildman–Crippen LogP) is 1.80. The van der Waals surface area contributed by atoms with E-state index in [4.69, 9.17) is 9.47 Å². The van der Waals surface area contributed by atoms with E-state index >= 15 is 0 Å². The Kier molecular flexibility index (Phi) is 4.55. The summed E-state index contributed by atoms with van der Waals surface area (Å²) in [5.41, 5.74) is 0.699. The van der Waals surface area contributed by atoms with Crippen molar-refractivity contribution in [2.24, 2.45) is 5.92 Å². The Morgan fingerprint density at radius 1 is 1.22 bits per heavy atom. The van der Waals surface area contributed by atoms with Crippen LogP contribution in [0.5, 0.6) is 11.5 Å². The van der Waals surface area contributed by atoms with Gasteiger partial charge in [-0.3, -0.25) is 4.79 Å². The summed E-state index contributed by atoms with van der Waals surface area (Å²) in [4.78, 5) is 25.9. The van der Waals surface area contributed by atoms with E-state index in [0.717, 1.165) is 0 Å².